The molecule has 1 aliphatic rings. The first-order valence-electron chi connectivity index (χ1n) is 8.07. The summed E-state index contributed by atoms with van der Waals surface area (Å²) in [4.78, 5) is 14.6. The Morgan fingerprint density at radius 2 is 1.81 bits per heavy atom. The van der Waals surface area contributed by atoms with E-state index in [1.54, 1.807) is 0 Å². The molecule has 1 fully saturated rings. The van der Waals surface area contributed by atoms with Crippen LogP contribution in [0, 0.1) is 18.8 Å². The van der Waals surface area contributed by atoms with E-state index in [1.807, 2.05) is 4.90 Å². The minimum absolute atomic E-state index is 0.0178. The molecule has 1 saturated heterocycles. The Morgan fingerprint density at radius 1 is 1.19 bits per heavy atom. The highest BCUT2D eigenvalue weighted by Crippen LogP contribution is 2.28. The Morgan fingerprint density at radius 3 is 2.33 bits per heavy atom. The fraction of sp³-hybridized carbons (Fsp3) is 0.611. The Bertz CT molecular complexity index is 480. The van der Waals surface area contributed by atoms with Gasteiger partial charge in [0.25, 0.3) is 0 Å². The molecule has 1 amide bonds. The molecule has 1 aliphatic heterocycles. The summed E-state index contributed by atoms with van der Waals surface area (Å²) in [5.41, 5.74) is 2.43. The van der Waals surface area contributed by atoms with Gasteiger partial charge in [-0.05, 0) is 30.7 Å². The Hall–Kier alpha value is -1.35. The van der Waals surface area contributed by atoms with Crippen LogP contribution < -0.4 is 5.32 Å². The monoisotopic (exact) mass is 288 g/mol. The third-order valence-electron chi connectivity index (χ3n) is 4.68. The van der Waals surface area contributed by atoms with Crippen LogP contribution in [0.15, 0.2) is 24.3 Å². The molecule has 0 bridgehead atoms. The topological polar surface area (TPSA) is 32.3 Å². The molecule has 1 N–H and O–H groups in total. The van der Waals surface area contributed by atoms with Crippen LogP contribution in [0.5, 0.6) is 0 Å². The average Bonchev–Trinajstić information content (AvgIpc) is 2.76. The molecule has 0 radical (unpaired) electrons. The largest absolute Gasteiger partial charge is 0.321 e. The van der Waals surface area contributed by atoms with Crippen molar-refractivity contribution in [2.24, 2.45) is 11.8 Å². The number of carbonyl (C=O) groups excluding carboxylic acids is 1. The van der Waals surface area contributed by atoms with E-state index in [9.17, 15) is 4.79 Å². The molecule has 21 heavy (non-hydrogen) atoms. The van der Waals surface area contributed by atoms with Gasteiger partial charge in [-0.3, -0.25) is 10.1 Å². The molecule has 0 saturated carbocycles. The number of amides is 1. The second-order valence-corrected chi connectivity index (χ2v) is 6.65. The average molecular weight is 288 g/mol. The molecule has 1 aromatic rings. The third kappa shape index (κ3) is 3.46. The maximum atomic E-state index is 12.6. The number of aryl methyl sites for hydroxylation is 1. The highest BCUT2D eigenvalue weighted by atomic mass is 16.2. The Labute approximate surface area is 128 Å². The van der Waals surface area contributed by atoms with Gasteiger partial charge in [-0.15, -0.1) is 0 Å². The van der Waals surface area contributed by atoms with Gasteiger partial charge in [0, 0.05) is 6.54 Å². The lowest BCUT2D eigenvalue weighted by Gasteiger charge is -2.29. The first-order valence-corrected chi connectivity index (χ1v) is 8.07. The maximum Gasteiger partial charge on any atom is 0.241 e. The van der Waals surface area contributed by atoms with Crippen molar-refractivity contribution >= 4 is 5.91 Å². The molecule has 3 nitrogen and oxygen atoms in total. The van der Waals surface area contributed by atoms with Gasteiger partial charge in [-0.2, -0.15) is 0 Å². The van der Waals surface area contributed by atoms with E-state index in [4.69, 9.17) is 0 Å². The van der Waals surface area contributed by atoms with Crippen molar-refractivity contribution < 1.29 is 4.79 Å². The van der Waals surface area contributed by atoms with E-state index in [1.165, 1.54) is 11.1 Å². The van der Waals surface area contributed by atoms with Gasteiger partial charge in [-0.1, -0.05) is 57.5 Å². The molecule has 3 heteroatoms. The number of rotatable bonds is 5. The Kier molecular flexibility index (Phi) is 5.04. The molecule has 0 aliphatic carbocycles. The van der Waals surface area contributed by atoms with Crippen LogP contribution in [-0.4, -0.2) is 23.4 Å². The second kappa shape index (κ2) is 6.61. The van der Waals surface area contributed by atoms with Crippen molar-refractivity contribution in [3.63, 3.8) is 0 Å². The van der Waals surface area contributed by atoms with E-state index in [0.29, 0.717) is 11.8 Å². The SMILES string of the molecule is CCC1NC(c2ccc(C)cc2)N(CC(C)C(C)C)C1=O. The van der Waals surface area contributed by atoms with E-state index >= 15 is 0 Å². The minimum atomic E-state index is -0.0457. The van der Waals surface area contributed by atoms with Gasteiger partial charge in [0.2, 0.25) is 5.91 Å². The quantitative estimate of drug-likeness (QED) is 0.899. The number of benzene rings is 1. The first kappa shape index (κ1) is 16.0. The maximum absolute atomic E-state index is 12.6. The van der Waals surface area contributed by atoms with Crippen LogP contribution >= 0.6 is 0 Å². The number of nitrogens with zero attached hydrogens (tertiary/aromatic N) is 1. The molecular weight excluding hydrogens is 260 g/mol. The van der Waals surface area contributed by atoms with E-state index in [2.05, 4.69) is 64.2 Å². The number of nitrogens with one attached hydrogen (secondary N) is 1. The number of carbonyl (C=O) groups is 1. The van der Waals surface area contributed by atoms with E-state index in [0.717, 1.165) is 13.0 Å². The van der Waals surface area contributed by atoms with Crippen LogP contribution in [-0.2, 0) is 4.79 Å². The number of hydrogen-bond donors (Lipinski definition) is 1. The van der Waals surface area contributed by atoms with Crippen LogP contribution in [0.2, 0.25) is 0 Å². The van der Waals surface area contributed by atoms with Crippen molar-refractivity contribution in [1.29, 1.82) is 0 Å². The van der Waals surface area contributed by atoms with Gasteiger partial charge in [0.1, 0.15) is 6.17 Å². The van der Waals surface area contributed by atoms with Crippen molar-refractivity contribution in [2.75, 3.05) is 6.54 Å². The molecular formula is C18H28N2O. The minimum Gasteiger partial charge on any atom is -0.321 e. The van der Waals surface area contributed by atoms with Crippen LogP contribution in [0.25, 0.3) is 0 Å². The fourth-order valence-corrected chi connectivity index (χ4v) is 2.71. The van der Waals surface area contributed by atoms with Crippen molar-refractivity contribution in [3.05, 3.63) is 35.4 Å². The molecule has 2 rings (SSSR count). The van der Waals surface area contributed by atoms with Gasteiger partial charge in [0.15, 0.2) is 0 Å². The van der Waals surface area contributed by atoms with Crippen molar-refractivity contribution in [2.45, 2.75) is 53.2 Å². The van der Waals surface area contributed by atoms with Gasteiger partial charge >= 0.3 is 0 Å². The summed E-state index contributed by atoms with van der Waals surface area (Å²) in [5, 5.41) is 3.50. The lowest BCUT2D eigenvalue weighted by Crippen LogP contribution is -2.35. The van der Waals surface area contributed by atoms with E-state index < -0.39 is 0 Å². The van der Waals surface area contributed by atoms with Crippen LogP contribution in [0.1, 0.15) is 51.4 Å². The standard InChI is InChI=1S/C18H28N2O/c1-6-16-18(21)20(11-14(5)12(2)3)17(19-16)15-9-7-13(4)8-10-15/h7-10,12,14,16-17,19H,6,11H2,1-5H3. The smallest absolute Gasteiger partial charge is 0.241 e. The van der Waals surface area contributed by atoms with E-state index in [-0.39, 0.29) is 18.1 Å². The summed E-state index contributed by atoms with van der Waals surface area (Å²) < 4.78 is 0. The lowest BCUT2D eigenvalue weighted by atomic mass is 9.97. The predicted octanol–water partition coefficient (Wildman–Crippen LogP) is 3.50. The molecule has 3 atom stereocenters. The molecule has 0 spiro atoms. The molecule has 116 valence electrons. The van der Waals surface area contributed by atoms with Crippen LogP contribution in [0.4, 0.5) is 0 Å². The zero-order chi connectivity index (χ0) is 15.6. The summed E-state index contributed by atoms with van der Waals surface area (Å²) in [6.07, 6.45) is 0.859. The molecule has 1 aromatic carbocycles. The summed E-state index contributed by atoms with van der Waals surface area (Å²) in [6.45, 7) is 11.6. The lowest BCUT2D eigenvalue weighted by molar-refractivity contribution is -0.130. The zero-order valence-electron chi connectivity index (χ0n) is 13.9. The third-order valence-corrected chi connectivity index (χ3v) is 4.68. The highest BCUT2D eigenvalue weighted by molar-refractivity contribution is 5.84. The predicted molar refractivity (Wildman–Crippen MR) is 86.8 cm³/mol. The summed E-state index contributed by atoms with van der Waals surface area (Å²) in [7, 11) is 0. The fourth-order valence-electron chi connectivity index (χ4n) is 2.71. The molecule has 3 unspecified atom stereocenters. The van der Waals surface area contributed by atoms with Crippen molar-refractivity contribution in [1.82, 2.24) is 10.2 Å². The second-order valence-electron chi connectivity index (χ2n) is 6.65. The Balaban J connectivity index is 2.23. The van der Waals surface area contributed by atoms with Gasteiger partial charge in [0.05, 0.1) is 6.04 Å². The zero-order valence-corrected chi connectivity index (χ0v) is 13.9. The normalized spacial score (nSPS) is 23.9. The molecule has 0 aromatic heterocycles. The van der Waals surface area contributed by atoms with Crippen molar-refractivity contribution in [3.8, 4) is 0 Å². The summed E-state index contributed by atoms with van der Waals surface area (Å²) in [6, 6.07) is 8.45. The highest BCUT2D eigenvalue weighted by Gasteiger charge is 2.39. The van der Waals surface area contributed by atoms with Gasteiger partial charge < -0.3 is 4.90 Å². The summed E-state index contributed by atoms with van der Waals surface area (Å²) >= 11 is 0. The van der Waals surface area contributed by atoms with Crippen LogP contribution in [0.3, 0.4) is 0 Å². The number of hydrogen-bond acceptors (Lipinski definition) is 2. The molecule has 1 heterocycles. The first-order chi connectivity index (χ1) is 9.93. The van der Waals surface area contributed by atoms with Gasteiger partial charge in [-0.25, -0.2) is 0 Å². The summed E-state index contributed by atoms with van der Waals surface area (Å²) in [5.74, 6) is 1.33.